The average Bonchev–Trinajstić information content (AvgIpc) is 2.32. The van der Waals surface area contributed by atoms with Gasteiger partial charge in [-0.1, -0.05) is 44.2 Å². The number of aryl methyl sites for hydroxylation is 1. The van der Waals surface area contributed by atoms with E-state index in [1.165, 1.54) is 16.7 Å². The molecule has 0 spiro atoms. The van der Waals surface area contributed by atoms with Gasteiger partial charge in [-0.2, -0.15) is 0 Å². The predicted octanol–water partition coefficient (Wildman–Crippen LogP) is 4.37. The molecule has 0 saturated heterocycles. The Morgan fingerprint density at radius 1 is 1.00 bits per heavy atom. The van der Waals surface area contributed by atoms with Crippen molar-refractivity contribution >= 4 is 5.69 Å². The topological polar surface area (TPSA) is 26.0 Å². The van der Waals surface area contributed by atoms with Crippen molar-refractivity contribution in [2.45, 2.75) is 26.7 Å². The van der Waals surface area contributed by atoms with E-state index in [0.29, 0.717) is 5.92 Å². The minimum Gasteiger partial charge on any atom is -0.399 e. The van der Waals surface area contributed by atoms with Gasteiger partial charge in [-0.15, -0.1) is 0 Å². The molecule has 0 fully saturated rings. The van der Waals surface area contributed by atoms with E-state index in [1.807, 2.05) is 6.07 Å². The second-order valence-corrected chi connectivity index (χ2v) is 4.81. The molecule has 0 unspecified atom stereocenters. The first-order valence-corrected chi connectivity index (χ1v) is 6.05. The summed E-state index contributed by atoms with van der Waals surface area (Å²) in [6, 6.07) is 14.8. The van der Waals surface area contributed by atoms with Crippen LogP contribution in [0.25, 0.3) is 11.1 Å². The van der Waals surface area contributed by atoms with Crippen molar-refractivity contribution in [1.82, 2.24) is 0 Å². The minimum absolute atomic E-state index is 0.532. The summed E-state index contributed by atoms with van der Waals surface area (Å²) >= 11 is 0. The third kappa shape index (κ3) is 2.33. The summed E-state index contributed by atoms with van der Waals surface area (Å²) in [7, 11) is 0. The molecule has 0 aliphatic carbocycles. The number of anilines is 1. The van der Waals surface area contributed by atoms with Crippen LogP contribution in [0.1, 0.15) is 30.9 Å². The fourth-order valence-electron chi connectivity index (χ4n) is 2.11. The second kappa shape index (κ2) is 4.62. The molecule has 0 heterocycles. The number of hydrogen-bond acceptors (Lipinski definition) is 1. The summed E-state index contributed by atoms with van der Waals surface area (Å²) in [5.41, 5.74) is 11.8. The Morgan fingerprint density at radius 2 is 1.71 bits per heavy atom. The summed E-state index contributed by atoms with van der Waals surface area (Å²) in [5, 5.41) is 0. The quantitative estimate of drug-likeness (QED) is 0.755. The van der Waals surface area contributed by atoms with Crippen LogP contribution in [0, 0.1) is 6.92 Å². The van der Waals surface area contributed by atoms with Gasteiger partial charge in [0.25, 0.3) is 0 Å². The van der Waals surface area contributed by atoms with E-state index in [1.54, 1.807) is 0 Å². The highest BCUT2D eigenvalue weighted by Gasteiger charge is 2.08. The zero-order valence-electron chi connectivity index (χ0n) is 10.7. The molecule has 0 amide bonds. The van der Waals surface area contributed by atoms with Crippen molar-refractivity contribution in [3.63, 3.8) is 0 Å². The van der Waals surface area contributed by atoms with Crippen molar-refractivity contribution in [2.75, 3.05) is 5.73 Å². The molecule has 0 saturated carbocycles. The summed E-state index contributed by atoms with van der Waals surface area (Å²) < 4.78 is 0. The van der Waals surface area contributed by atoms with Crippen LogP contribution in [-0.2, 0) is 0 Å². The fraction of sp³-hybridized carbons (Fsp3) is 0.250. The lowest BCUT2D eigenvalue weighted by molar-refractivity contribution is 0.869. The molecule has 17 heavy (non-hydrogen) atoms. The molecule has 0 aliphatic heterocycles. The fourth-order valence-corrected chi connectivity index (χ4v) is 2.11. The largest absolute Gasteiger partial charge is 0.399 e. The first-order chi connectivity index (χ1) is 8.09. The standard InChI is InChI=1S/C16H19N/c1-11(2)14-6-4-5-7-15(14)13-8-9-16(17)12(3)10-13/h4-11H,17H2,1-3H3. The van der Waals surface area contributed by atoms with Gasteiger partial charge in [0.15, 0.2) is 0 Å². The molecule has 1 heteroatoms. The molecule has 2 aromatic rings. The van der Waals surface area contributed by atoms with Gasteiger partial charge in [-0.25, -0.2) is 0 Å². The van der Waals surface area contributed by atoms with E-state index in [-0.39, 0.29) is 0 Å². The van der Waals surface area contributed by atoms with Gasteiger partial charge in [0, 0.05) is 5.69 Å². The van der Waals surface area contributed by atoms with Crippen molar-refractivity contribution in [1.29, 1.82) is 0 Å². The summed E-state index contributed by atoms with van der Waals surface area (Å²) in [6.07, 6.45) is 0. The highest BCUT2D eigenvalue weighted by molar-refractivity contribution is 5.71. The minimum atomic E-state index is 0.532. The number of nitrogens with two attached hydrogens (primary N) is 1. The van der Waals surface area contributed by atoms with Crippen LogP contribution in [0.15, 0.2) is 42.5 Å². The highest BCUT2D eigenvalue weighted by Crippen LogP contribution is 2.30. The van der Waals surface area contributed by atoms with Gasteiger partial charge in [-0.3, -0.25) is 0 Å². The van der Waals surface area contributed by atoms with Gasteiger partial charge >= 0.3 is 0 Å². The molecule has 0 radical (unpaired) electrons. The van der Waals surface area contributed by atoms with Crippen LogP contribution in [0.5, 0.6) is 0 Å². The van der Waals surface area contributed by atoms with E-state index >= 15 is 0 Å². The van der Waals surface area contributed by atoms with Crippen LogP contribution in [0.2, 0.25) is 0 Å². The third-order valence-corrected chi connectivity index (χ3v) is 3.16. The van der Waals surface area contributed by atoms with Crippen LogP contribution < -0.4 is 5.73 Å². The zero-order chi connectivity index (χ0) is 12.4. The Hall–Kier alpha value is -1.76. The van der Waals surface area contributed by atoms with Gasteiger partial charge in [0.2, 0.25) is 0 Å². The molecule has 2 N–H and O–H groups in total. The summed E-state index contributed by atoms with van der Waals surface area (Å²) in [6.45, 7) is 6.50. The van der Waals surface area contributed by atoms with Crippen molar-refractivity contribution < 1.29 is 0 Å². The molecular weight excluding hydrogens is 206 g/mol. The maximum atomic E-state index is 5.86. The zero-order valence-corrected chi connectivity index (χ0v) is 10.7. The van der Waals surface area contributed by atoms with Gasteiger partial charge in [0.1, 0.15) is 0 Å². The van der Waals surface area contributed by atoms with E-state index in [2.05, 4.69) is 57.2 Å². The number of rotatable bonds is 2. The first kappa shape index (κ1) is 11.7. The predicted molar refractivity (Wildman–Crippen MR) is 75.1 cm³/mol. The molecule has 0 aromatic heterocycles. The van der Waals surface area contributed by atoms with Crippen LogP contribution in [0.4, 0.5) is 5.69 Å². The number of nitrogen functional groups attached to an aromatic ring is 1. The van der Waals surface area contributed by atoms with E-state index < -0.39 is 0 Å². The Balaban J connectivity index is 2.56. The molecule has 0 bridgehead atoms. The maximum Gasteiger partial charge on any atom is 0.0344 e. The Labute approximate surface area is 103 Å². The third-order valence-electron chi connectivity index (χ3n) is 3.16. The summed E-state index contributed by atoms with van der Waals surface area (Å²) in [5.74, 6) is 0.532. The SMILES string of the molecule is Cc1cc(-c2ccccc2C(C)C)ccc1N. The first-order valence-electron chi connectivity index (χ1n) is 6.05. The lowest BCUT2D eigenvalue weighted by atomic mass is 9.92. The molecule has 1 nitrogen and oxygen atoms in total. The van der Waals surface area contributed by atoms with E-state index in [9.17, 15) is 0 Å². The smallest absolute Gasteiger partial charge is 0.0344 e. The van der Waals surface area contributed by atoms with Gasteiger partial charge < -0.3 is 5.73 Å². The van der Waals surface area contributed by atoms with Crippen LogP contribution in [0.3, 0.4) is 0 Å². The van der Waals surface area contributed by atoms with Crippen molar-refractivity contribution in [3.8, 4) is 11.1 Å². The van der Waals surface area contributed by atoms with Gasteiger partial charge in [0.05, 0.1) is 0 Å². The molecule has 0 atom stereocenters. The Kier molecular flexibility index (Phi) is 3.19. The maximum absolute atomic E-state index is 5.86. The normalized spacial score (nSPS) is 10.8. The summed E-state index contributed by atoms with van der Waals surface area (Å²) in [4.78, 5) is 0. The lowest BCUT2D eigenvalue weighted by Gasteiger charge is -2.13. The van der Waals surface area contributed by atoms with Gasteiger partial charge in [-0.05, 0) is 47.2 Å². The van der Waals surface area contributed by atoms with E-state index in [0.717, 1.165) is 11.3 Å². The van der Waals surface area contributed by atoms with Crippen LogP contribution >= 0.6 is 0 Å². The Bertz CT molecular complexity index is 527. The average molecular weight is 225 g/mol. The number of hydrogen-bond donors (Lipinski definition) is 1. The molecule has 88 valence electrons. The highest BCUT2D eigenvalue weighted by atomic mass is 14.5. The lowest BCUT2D eigenvalue weighted by Crippen LogP contribution is -1.94. The monoisotopic (exact) mass is 225 g/mol. The van der Waals surface area contributed by atoms with E-state index in [4.69, 9.17) is 5.73 Å². The van der Waals surface area contributed by atoms with Crippen LogP contribution in [-0.4, -0.2) is 0 Å². The molecule has 2 rings (SSSR count). The van der Waals surface area contributed by atoms with Crippen molar-refractivity contribution in [2.24, 2.45) is 0 Å². The molecule has 2 aromatic carbocycles. The number of benzene rings is 2. The second-order valence-electron chi connectivity index (χ2n) is 4.81. The molecule has 0 aliphatic rings. The van der Waals surface area contributed by atoms with Crippen molar-refractivity contribution in [3.05, 3.63) is 53.6 Å². The molecular formula is C16H19N. The Morgan fingerprint density at radius 3 is 2.35 bits per heavy atom.